The van der Waals surface area contributed by atoms with Crippen molar-refractivity contribution in [2.45, 2.75) is 19.2 Å². The molecular weight excluding hydrogens is 302 g/mol. The lowest BCUT2D eigenvalue weighted by atomic mass is 10.1. The highest BCUT2D eigenvalue weighted by molar-refractivity contribution is 5.22. The largest absolute Gasteiger partial charge is 0.387 e. The standard InChI is InChI=1S/C14H15F4N3O/c1-20(8-12-19-5-6-21(12)14(17)18)7-11(22)13-9(15)3-2-4-10(13)16/h2-6,11,14,22H,7-8H2,1H3. The van der Waals surface area contributed by atoms with Gasteiger partial charge in [0.15, 0.2) is 0 Å². The Bertz CT molecular complexity index is 612. The maximum atomic E-state index is 13.6. The van der Waals surface area contributed by atoms with Crippen molar-refractivity contribution in [2.24, 2.45) is 0 Å². The van der Waals surface area contributed by atoms with E-state index in [1.54, 1.807) is 0 Å². The Balaban J connectivity index is 2.05. The molecule has 8 heteroatoms. The molecule has 0 spiro atoms. The first-order chi connectivity index (χ1) is 10.4. The van der Waals surface area contributed by atoms with Gasteiger partial charge < -0.3 is 5.11 Å². The molecule has 0 aliphatic heterocycles. The quantitative estimate of drug-likeness (QED) is 0.833. The lowest BCUT2D eigenvalue weighted by molar-refractivity contribution is 0.0622. The first-order valence-electron chi connectivity index (χ1n) is 6.50. The highest BCUT2D eigenvalue weighted by Crippen LogP contribution is 2.22. The van der Waals surface area contributed by atoms with E-state index in [-0.39, 0.29) is 18.9 Å². The fraction of sp³-hybridized carbons (Fsp3) is 0.357. The minimum Gasteiger partial charge on any atom is -0.387 e. The molecule has 120 valence electrons. The minimum absolute atomic E-state index is 0.00444. The smallest absolute Gasteiger partial charge is 0.319 e. The van der Waals surface area contributed by atoms with Gasteiger partial charge in [-0.3, -0.25) is 9.47 Å². The Morgan fingerprint density at radius 1 is 1.27 bits per heavy atom. The third-order valence-corrected chi connectivity index (χ3v) is 3.19. The van der Waals surface area contributed by atoms with Crippen LogP contribution in [0.1, 0.15) is 24.0 Å². The topological polar surface area (TPSA) is 41.3 Å². The van der Waals surface area contributed by atoms with E-state index >= 15 is 0 Å². The Hall–Kier alpha value is -1.93. The number of benzene rings is 1. The third-order valence-electron chi connectivity index (χ3n) is 3.19. The fourth-order valence-electron chi connectivity index (χ4n) is 2.17. The van der Waals surface area contributed by atoms with Gasteiger partial charge in [0, 0.05) is 18.9 Å². The van der Waals surface area contributed by atoms with Crippen molar-refractivity contribution in [3.8, 4) is 0 Å². The second kappa shape index (κ2) is 6.89. The monoisotopic (exact) mass is 317 g/mol. The summed E-state index contributed by atoms with van der Waals surface area (Å²) in [5.74, 6) is -1.61. The van der Waals surface area contributed by atoms with Gasteiger partial charge in [-0.1, -0.05) is 6.07 Å². The highest BCUT2D eigenvalue weighted by Gasteiger charge is 2.20. The van der Waals surface area contributed by atoms with Crippen molar-refractivity contribution in [2.75, 3.05) is 13.6 Å². The number of halogens is 4. The summed E-state index contributed by atoms with van der Waals surface area (Å²) in [6, 6.07) is 3.29. The summed E-state index contributed by atoms with van der Waals surface area (Å²) in [6.07, 6.45) is 0.962. The maximum Gasteiger partial charge on any atom is 0.319 e. The zero-order valence-electron chi connectivity index (χ0n) is 11.8. The molecule has 0 bridgehead atoms. The molecule has 0 amide bonds. The van der Waals surface area contributed by atoms with E-state index in [1.807, 2.05) is 0 Å². The van der Waals surface area contributed by atoms with Crippen LogP contribution in [-0.2, 0) is 6.54 Å². The maximum absolute atomic E-state index is 13.6. The molecule has 2 rings (SSSR count). The molecule has 0 aliphatic rings. The molecule has 4 nitrogen and oxygen atoms in total. The Labute approximate surface area is 124 Å². The zero-order valence-corrected chi connectivity index (χ0v) is 11.8. The van der Waals surface area contributed by atoms with Crippen molar-refractivity contribution in [3.63, 3.8) is 0 Å². The Kier molecular flexibility index (Phi) is 5.15. The van der Waals surface area contributed by atoms with E-state index in [1.165, 1.54) is 24.2 Å². The summed E-state index contributed by atoms with van der Waals surface area (Å²) in [7, 11) is 1.53. The fourth-order valence-corrected chi connectivity index (χ4v) is 2.17. The van der Waals surface area contributed by atoms with E-state index < -0.39 is 29.9 Å². The molecule has 2 aromatic rings. The predicted octanol–water partition coefficient (Wildman–Crippen LogP) is 2.72. The first kappa shape index (κ1) is 16.4. The van der Waals surface area contributed by atoms with Gasteiger partial charge in [0.05, 0.1) is 18.2 Å². The molecule has 1 unspecified atom stereocenters. The summed E-state index contributed by atoms with van der Waals surface area (Å²) in [5.41, 5.74) is -0.438. The molecule has 0 saturated carbocycles. The zero-order chi connectivity index (χ0) is 16.3. The predicted molar refractivity (Wildman–Crippen MR) is 71.1 cm³/mol. The third kappa shape index (κ3) is 3.63. The van der Waals surface area contributed by atoms with E-state index in [0.717, 1.165) is 18.3 Å². The number of aliphatic hydroxyl groups is 1. The van der Waals surface area contributed by atoms with Gasteiger partial charge in [0.1, 0.15) is 17.5 Å². The van der Waals surface area contributed by atoms with Crippen LogP contribution in [0.25, 0.3) is 0 Å². The SMILES string of the molecule is CN(Cc1nccn1C(F)F)CC(O)c1c(F)cccc1F. The van der Waals surface area contributed by atoms with Gasteiger partial charge in [-0.15, -0.1) is 0 Å². The van der Waals surface area contributed by atoms with Crippen LogP contribution in [0.15, 0.2) is 30.6 Å². The van der Waals surface area contributed by atoms with Gasteiger partial charge in [-0.05, 0) is 19.2 Å². The van der Waals surface area contributed by atoms with Gasteiger partial charge in [-0.25, -0.2) is 13.8 Å². The molecule has 0 radical (unpaired) electrons. The minimum atomic E-state index is -2.72. The van der Waals surface area contributed by atoms with Crippen molar-refractivity contribution in [1.29, 1.82) is 0 Å². The van der Waals surface area contributed by atoms with Gasteiger partial charge in [0.25, 0.3) is 0 Å². The number of imidazole rings is 1. The number of hydrogen-bond acceptors (Lipinski definition) is 3. The number of alkyl halides is 2. The summed E-state index contributed by atoms with van der Waals surface area (Å²) in [6.45, 7) is -2.85. The lowest BCUT2D eigenvalue weighted by Crippen LogP contribution is -2.26. The highest BCUT2D eigenvalue weighted by atomic mass is 19.3. The van der Waals surface area contributed by atoms with Crippen molar-refractivity contribution in [3.05, 3.63) is 53.6 Å². The summed E-state index contributed by atoms with van der Waals surface area (Å²) >= 11 is 0. The molecule has 0 saturated heterocycles. The van der Waals surface area contributed by atoms with E-state index in [9.17, 15) is 22.7 Å². The summed E-state index contributed by atoms with van der Waals surface area (Å²) in [5, 5.41) is 9.96. The molecule has 0 fully saturated rings. The number of likely N-dealkylation sites (N-methyl/N-ethyl adjacent to an activating group) is 1. The summed E-state index contributed by atoms with van der Waals surface area (Å²) in [4.78, 5) is 5.26. The van der Waals surface area contributed by atoms with E-state index in [0.29, 0.717) is 4.57 Å². The number of aromatic nitrogens is 2. The van der Waals surface area contributed by atoms with Crippen LogP contribution >= 0.6 is 0 Å². The van der Waals surface area contributed by atoms with Crippen LogP contribution < -0.4 is 0 Å². The van der Waals surface area contributed by atoms with Crippen molar-refractivity contribution >= 4 is 0 Å². The Morgan fingerprint density at radius 2 is 1.91 bits per heavy atom. The molecule has 1 N–H and O–H groups in total. The number of nitrogens with zero attached hydrogens (tertiary/aromatic N) is 3. The molecule has 1 heterocycles. The number of hydrogen-bond donors (Lipinski definition) is 1. The number of rotatable bonds is 6. The van der Waals surface area contributed by atoms with Crippen molar-refractivity contribution < 1.29 is 22.7 Å². The van der Waals surface area contributed by atoms with Gasteiger partial charge >= 0.3 is 6.55 Å². The molecule has 1 aromatic carbocycles. The van der Waals surface area contributed by atoms with Gasteiger partial charge in [0.2, 0.25) is 0 Å². The second-order valence-corrected chi connectivity index (χ2v) is 4.88. The van der Waals surface area contributed by atoms with Crippen LogP contribution in [-0.4, -0.2) is 33.1 Å². The van der Waals surface area contributed by atoms with Crippen LogP contribution in [0.5, 0.6) is 0 Å². The second-order valence-electron chi connectivity index (χ2n) is 4.88. The van der Waals surface area contributed by atoms with Crippen LogP contribution in [0.4, 0.5) is 17.6 Å². The van der Waals surface area contributed by atoms with Crippen molar-refractivity contribution in [1.82, 2.24) is 14.5 Å². The summed E-state index contributed by atoms with van der Waals surface area (Å²) < 4.78 is 53.2. The van der Waals surface area contributed by atoms with E-state index in [2.05, 4.69) is 4.98 Å². The van der Waals surface area contributed by atoms with E-state index in [4.69, 9.17) is 0 Å². The van der Waals surface area contributed by atoms with Crippen LogP contribution in [0, 0.1) is 11.6 Å². The normalized spacial score (nSPS) is 13.1. The lowest BCUT2D eigenvalue weighted by Gasteiger charge is -2.21. The number of aliphatic hydroxyl groups excluding tert-OH is 1. The average Bonchev–Trinajstić information content (AvgIpc) is 2.86. The van der Waals surface area contributed by atoms with Crippen LogP contribution in [0.3, 0.4) is 0 Å². The molecule has 22 heavy (non-hydrogen) atoms. The first-order valence-corrected chi connectivity index (χ1v) is 6.50. The molecular formula is C14H15F4N3O. The molecule has 1 aromatic heterocycles. The average molecular weight is 317 g/mol. The molecule has 1 atom stereocenters. The molecule has 0 aliphatic carbocycles. The van der Waals surface area contributed by atoms with Gasteiger partial charge in [-0.2, -0.15) is 8.78 Å². The Morgan fingerprint density at radius 3 is 2.50 bits per heavy atom. The van der Waals surface area contributed by atoms with Crippen LogP contribution in [0.2, 0.25) is 0 Å².